The zero-order chi connectivity index (χ0) is 15.9. The lowest BCUT2D eigenvalue weighted by Gasteiger charge is -2.12. The van der Waals surface area contributed by atoms with Gasteiger partial charge < -0.3 is 10.6 Å². The van der Waals surface area contributed by atoms with Crippen LogP contribution >= 0.6 is 0 Å². The molecule has 1 aromatic carbocycles. The van der Waals surface area contributed by atoms with Gasteiger partial charge in [-0.05, 0) is 25.1 Å². The Morgan fingerprint density at radius 2 is 1.81 bits per heavy atom. The van der Waals surface area contributed by atoms with Crippen LogP contribution < -0.4 is 15.4 Å². The van der Waals surface area contributed by atoms with Gasteiger partial charge in [0.05, 0.1) is 17.6 Å². The highest BCUT2D eigenvalue weighted by Gasteiger charge is 2.09. The second-order valence-electron chi connectivity index (χ2n) is 5.18. The number of amides is 1. The SMILES string of the molecule is CC(C)NCCCC(=O)Nc1ccccc1NS(C)(=O)=O. The summed E-state index contributed by atoms with van der Waals surface area (Å²) >= 11 is 0. The highest BCUT2D eigenvalue weighted by molar-refractivity contribution is 7.92. The maximum absolute atomic E-state index is 11.9. The Hall–Kier alpha value is -1.60. The van der Waals surface area contributed by atoms with Crippen LogP contribution in [0.5, 0.6) is 0 Å². The van der Waals surface area contributed by atoms with Crippen molar-refractivity contribution >= 4 is 27.3 Å². The van der Waals surface area contributed by atoms with E-state index in [1.807, 2.05) is 13.8 Å². The number of rotatable bonds is 8. The number of carbonyl (C=O) groups is 1. The van der Waals surface area contributed by atoms with Crippen molar-refractivity contribution in [3.63, 3.8) is 0 Å². The molecule has 118 valence electrons. The zero-order valence-electron chi connectivity index (χ0n) is 12.6. The molecule has 0 aliphatic rings. The molecular formula is C14H23N3O3S. The largest absolute Gasteiger partial charge is 0.324 e. The second-order valence-corrected chi connectivity index (χ2v) is 6.93. The summed E-state index contributed by atoms with van der Waals surface area (Å²) in [5, 5.41) is 5.96. The average Bonchev–Trinajstić information content (AvgIpc) is 2.35. The van der Waals surface area contributed by atoms with E-state index in [2.05, 4.69) is 15.4 Å². The molecule has 0 saturated heterocycles. The molecule has 0 unspecified atom stereocenters. The molecular weight excluding hydrogens is 290 g/mol. The van der Waals surface area contributed by atoms with Gasteiger partial charge in [-0.15, -0.1) is 0 Å². The average molecular weight is 313 g/mol. The Bertz CT molecular complexity index is 571. The number of hydrogen-bond acceptors (Lipinski definition) is 4. The summed E-state index contributed by atoms with van der Waals surface area (Å²) in [7, 11) is -3.38. The van der Waals surface area contributed by atoms with Crippen molar-refractivity contribution in [3.05, 3.63) is 24.3 Å². The predicted molar refractivity (Wildman–Crippen MR) is 85.9 cm³/mol. The molecule has 1 amide bonds. The highest BCUT2D eigenvalue weighted by Crippen LogP contribution is 2.22. The van der Waals surface area contributed by atoms with Crippen LogP contribution in [0.2, 0.25) is 0 Å². The molecule has 0 aliphatic heterocycles. The van der Waals surface area contributed by atoms with Crippen LogP contribution in [-0.4, -0.2) is 33.2 Å². The molecule has 0 fully saturated rings. The third kappa shape index (κ3) is 7.67. The van der Waals surface area contributed by atoms with Crippen LogP contribution in [0.3, 0.4) is 0 Å². The fraction of sp³-hybridized carbons (Fsp3) is 0.500. The van der Waals surface area contributed by atoms with Crippen molar-refractivity contribution < 1.29 is 13.2 Å². The van der Waals surface area contributed by atoms with Crippen molar-refractivity contribution in [2.75, 3.05) is 22.8 Å². The van der Waals surface area contributed by atoms with Gasteiger partial charge in [-0.1, -0.05) is 26.0 Å². The quantitative estimate of drug-likeness (QED) is 0.638. The van der Waals surface area contributed by atoms with Crippen molar-refractivity contribution in [1.82, 2.24) is 5.32 Å². The summed E-state index contributed by atoms with van der Waals surface area (Å²) < 4.78 is 24.9. The van der Waals surface area contributed by atoms with E-state index in [9.17, 15) is 13.2 Å². The Morgan fingerprint density at radius 1 is 1.19 bits per heavy atom. The normalized spacial score (nSPS) is 11.4. The van der Waals surface area contributed by atoms with E-state index in [0.717, 1.165) is 19.2 Å². The van der Waals surface area contributed by atoms with Crippen LogP contribution in [0.25, 0.3) is 0 Å². The number of benzene rings is 1. The molecule has 1 aromatic rings. The summed E-state index contributed by atoms with van der Waals surface area (Å²) in [6.07, 6.45) is 2.18. The number of anilines is 2. The van der Waals surface area contributed by atoms with Gasteiger partial charge in [0.15, 0.2) is 0 Å². The fourth-order valence-corrected chi connectivity index (χ4v) is 2.31. The minimum atomic E-state index is -3.38. The molecule has 0 saturated carbocycles. The Morgan fingerprint density at radius 3 is 2.38 bits per heavy atom. The summed E-state index contributed by atoms with van der Waals surface area (Å²) in [5.74, 6) is -0.136. The first kappa shape index (κ1) is 17.5. The minimum absolute atomic E-state index is 0.136. The standard InChI is InChI=1S/C14H23N3O3S/c1-11(2)15-10-6-9-14(18)16-12-7-4-5-8-13(12)17-21(3,19)20/h4-5,7-8,11,15,17H,6,9-10H2,1-3H3,(H,16,18). The Kier molecular flexibility index (Phi) is 6.64. The van der Waals surface area contributed by atoms with Crippen LogP contribution in [0, 0.1) is 0 Å². The van der Waals surface area contributed by atoms with Gasteiger partial charge in [0.25, 0.3) is 0 Å². The number of nitrogens with one attached hydrogen (secondary N) is 3. The van der Waals surface area contributed by atoms with Crippen LogP contribution in [0.4, 0.5) is 11.4 Å². The van der Waals surface area contributed by atoms with Crippen molar-refractivity contribution in [2.24, 2.45) is 0 Å². The summed E-state index contributed by atoms with van der Waals surface area (Å²) in [6, 6.07) is 7.11. The van der Waals surface area contributed by atoms with Crippen LogP contribution in [0.15, 0.2) is 24.3 Å². The van der Waals surface area contributed by atoms with E-state index in [4.69, 9.17) is 0 Å². The van der Waals surface area contributed by atoms with Gasteiger partial charge in [-0.25, -0.2) is 8.42 Å². The number of sulfonamides is 1. The molecule has 0 aliphatic carbocycles. The third-order valence-corrected chi connectivity index (χ3v) is 3.22. The van der Waals surface area contributed by atoms with Crippen molar-refractivity contribution in [3.8, 4) is 0 Å². The molecule has 0 atom stereocenters. The van der Waals surface area contributed by atoms with Gasteiger partial charge in [0.2, 0.25) is 15.9 Å². The predicted octanol–water partition coefficient (Wildman–Crippen LogP) is 1.77. The number of hydrogen-bond donors (Lipinski definition) is 3. The molecule has 0 bridgehead atoms. The van der Waals surface area contributed by atoms with Gasteiger partial charge in [-0.2, -0.15) is 0 Å². The fourth-order valence-electron chi connectivity index (χ4n) is 1.73. The van der Waals surface area contributed by atoms with E-state index in [1.54, 1.807) is 24.3 Å². The molecule has 7 heteroatoms. The maximum atomic E-state index is 11.9. The molecule has 6 nitrogen and oxygen atoms in total. The maximum Gasteiger partial charge on any atom is 0.229 e. The second kappa shape index (κ2) is 7.99. The Balaban J connectivity index is 2.56. The molecule has 3 N–H and O–H groups in total. The lowest BCUT2D eigenvalue weighted by atomic mass is 10.2. The van der Waals surface area contributed by atoms with Gasteiger partial charge in [0, 0.05) is 12.5 Å². The topological polar surface area (TPSA) is 87.3 Å². The summed E-state index contributed by atoms with van der Waals surface area (Å²) in [6.45, 7) is 4.87. The highest BCUT2D eigenvalue weighted by atomic mass is 32.2. The van der Waals surface area contributed by atoms with Crippen LogP contribution in [-0.2, 0) is 14.8 Å². The molecule has 1 rings (SSSR count). The molecule has 0 aromatic heterocycles. The first-order valence-corrected chi connectivity index (χ1v) is 8.77. The van der Waals surface area contributed by atoms with Crippen molar-refractivity contribution in [2.45, 2.75) is 32.7 Å². The van der Waals surface area contributed by atoms with Gasteiger partial charge in [-0.3, -0.25) is 9.52 Å². The minimum Gasteiger partial charge on any atom is -0.324 e. The van der Waals surface area contributed by atoms with E-state index < -0.39 is 10.0 Å². The van der Waals surface area contributed by atoms with Crippen molar-refractivity contribution in [1.29, 1.82) is 0 Å². The number of para-hydroxylation sites is 2. The summed E-state index contributed by atoms with van der Waals surface area (Å²) in [4.78, 5) is 11.9. The number of carbonyl (C=O) groups excluding carboxylic acids is 1. The third-order valence-electron chi connectivity index (χ3n) is 2.63. The lowest BCUT2D eigenvalue weighted by Crippen LogP contribution is -2.24. The summed E-state index contributed by atoms with van der Waals surface area (Å²) in [5.41, 5.74) is 0.832. The van der Waals surface area contributed by atoms with Gasteiger partial charge in [0.1, 0.15) is 0 Å². The molecule has 21 heavy (non-hydrogen) atoms. The first-order chi connectivity index (χ1) is 9.78. The molecule has 0 heterocycles. The van der Waals surface area contributed by atoms with E-state index >= 15 is 0 Å². The first-order valence-electron chi connectivity index (χ1n) is 6.88. The van der Waals surface area contributed by atoms with E-state index in [1.165, 1.54) is 0 Å². The molecule has 0 spiro atoms. The molecule has 0 radical (unpaired) electrons. The van der Waals surface area contributed by atoms with Crippen LogP contribution in [0.1, 0.15) is 26.7 Å². The van der Waals surface area contributed by atoms with Gasteiger partial charge >= 0.3 is 0 Å². The smallest absolute Gasteiger partial charge is 0.229 e. The van der Waals surface area contributed by atoms with E-state index in [0.29, 0.717) is 23.8 Å². The zero-order valence-corrected chi connectivity index (χ0v) is 13.5. The Labute approximate surface area is 126 Å². The monoisotopic (exact) mass is 313 g/mol. The van der Waals surface area contributed by atoms with E-state index in [-0.39, 0.29) is 5.91 Å². The lowest BCUT2D eigenvalue weighted by molar-refractivity contribution is -0.116.